The predicted molar refractivity (Wildman–Crippen MR) is 92.1 cm³/mol. The first-order chi connectivity index (χ1) is 11.2. The highest BCUT2D eigenvalue weighted by molar-refractivity contribution is 5.89. The molecular weight excluding hydrogens is 286 g/mol. The molecule has 0 aromatic heterocycles. The van der Waals surface area contributed by atoms with Crippen LogP contribution in [0.5, 0.6) is 0 Å². The third-order valence-electron chi connectivity index (χ3n) is 3.65. The molecule has 2 aromatic carbocycles. The van der Waals surface area contributed by atoms with E-state index in [-0.39, 0.29) is 6.03 Å². The zero-order valence-corrected chi connectivity index (χ0v) is 13.3. The van der Waals surface area contributed by atoms with Crippen LogP contribution in [0.2, 0.25) is 0 Å². The highest BCUT2D eigenvalue weighted by atomic mass is 16.2. The van der Waals surface area contributed by atoms with Gasteiger partial charge in [-0.25, -0.2) is 4.79 Å². The summed E-state index contributed by atoms with van der Waals surface area (Å²) < 4.78 is 0. The smallest absolute Gasteiger partial charge is 0.319 e. The van der Waals surface area contributed by atoms with Gasteiger partial charge < -0.3 is 10.6 Å². The van der Waals surface area contributed by atoms with Crippen LogP contribution in [0.1, 0.15) is 24.5 Å². The van der Waals surface area contributed by atoms with Crippen molar-refractivity contribution in [1.29, 1.82) is 5.26 Å². The van der Waals surface area contributed by atoms with Gasteiger partial charge in [-0.15, -0.1) is 0 Å². The number of nitriles is 1. The summed E-state index contributed by atoms with van der Waals surface area (Å²) in [6.45, 7) is 2.76. The molecule has 0 radical (unpaired) electrons. The maximum absolute atomic E-state index is 11.9. The first kappa shape index (κ1) is 16.6. The fourth-order valence-electron chi connectivity index (χ4n) is 2.23. The van der Waals surface area contributed by atoms with E-state index < -0.39 is 0 Å². The lowest BCUT2D eigenvalue weighted by Crippen LogP contribution is -2.32. The average Bonchev–Trinajstić information content (AvgIpc) is 2.60. The Labute approximate surface area is 137 Å². The van der Waals surface area contributed by atoms with Gasteiger partial charge in [-0.2, -0.15) is 5.26 Å². The van der Waals surface area contributed by atoms with Crippen molar-refractivity contribution in [3.8, 4) is 6.07 Å². The van der Waals surface area contributed by atoms with Gasteiger partial charge in [-0.3, -0.25) is 0 Å². The molecule has 2 amide bonds. The number of nitrogens with zero attached hydrogens (tertiary/aromatic N) is 1. The van der Waals surface area contributed by atoms with E-state index in [0.717, 1.165) is 12.8 Å². The number of nitrogens with one attached hydrogen (secondary N) is 2. The summed E-state index contributed by atoms with van der Waals surface area (Å²) in [5, 5.41) is 14.4. The zero-order chi connectivity index (χ0) is 16.5. The van der Waals surface area contributed by atoms with Crippen molar-refractivity contribution < 1.29 is 4.79 Å². The molecule has 0 heterocycles. The molecule has 0 spiro atoms. The highest BCUT2D eigenvalue weighted by Crippen LogP contribution is 2.10. The number of rotatable bonds is 6. The quantitative estimate of drug-likeness (QED) is 0.848. The summed E-state index contributed by atoms with van der Waals surface area (Å²) >= 11 is 0. The van der Waals surface area contributed by atoms with Crippen LogP contribution in [-0.4, -0.2) is 12.6 Å². The number of aryl methyl sites for hydroxylation is 1. The van der Waals surface area contributed by atoms with Gasteiger partial charge >= 0.3 is 6.03 Å². The van der Waals surface area contributed by atoms with E-state index in [1.807, 2.05) is 24.3 Å². The van der Waals surface area contributed by atoms with Gasteiger partial charge in [0.2, 0.25) is 0 Å². The van der Waals surface area contributed by atoms with Gasteiger partial charge in [0, 0.05) is 12.2 Å². The number of anilines is 1. The molecule has 1 unspecified atom stereocenters. The third-order valence-corrected chi connectivity index (χ3v) is 3.65. The van der Waals surface area contributed by atoms with Gasteiger partial charge in [-0.1, -0.05) is 37.3 Å². The Morgan fingerprint density at radius 2 is 1.83 bits per heavy atom. The van der Waals surface area contributed by atoms with Crippen molar-refractivity contribution >= 4 is 11.7 Å². The lowest BCUT2D eigenvalue weighted by Gasteiger charge is -2.13. The van der Waals surface area contributed by atoms with Crippen LogP contribution in [0.25, 0.3) is 0 Å². The molecule has 4 heteroatoms. The van der Waals surface area contributed by atoms with Crippen LogP contribution in [0.4, 0.5) is 10.5 Å². The number of benzene rings is 2. The molecule has 0 aliphatic heterocycles. The topological polar surface area (TPSA) is 64.9 Å². The second kappa shape index (κ2) is 8.60. The van der Waals surface area contributed by atoms with E-state index in [9.17, 15) is 4.79 Å². The first-order valence-corrected chi connectivity index (χ1v) is 7.76. The maximum Gasteiger partial charge on any atom is 0.319 e. The zero-order valence-electron chi connectivity index (χ0n) is 13.3. The van der Waals surface area contributed by atoms with Gasteiger partial charge in [-0.05, 0) is 48.6 Å². The lowest BCUT2D eigenvalue weighted by molar-refractivity contribution is 0.250. The van der Waals surface area contributed by atoms with Gasteiger partial charge in [0.25, 0.3) is 0 Å². The van der Waals surface area contributed by atoms with E-state index in [1.54, 1.807) is 24.3 Å². The van der Waals surface area contributed by atoms with Crippen LogP contribution in [0, 0.1) is 17.2 Å². The largest absolute Gasteiger partial charge is 0.338 e. The molecule has 0 fully saturated rings. The minimum Gasteiger partial charge on any atom is -0.338 e. The molecular formula is C19H21N3O. The van der Waals surface area contributed by atoms with Crippen molar-refractivity contribution in [2.45, 2.75) is 19.8 Å². The summed E-state index contributed by atoms with van der Waals surface area (Å²) in [4.78, 5) is 11.9. The minimum atomic E-state index is -0.221. The van der Waals surface area contributed by atoms with E-state index in [2.05, 4.69) is 29.7 Å². The highest BCUT2D eigenvalue weighted by Gasteiger charge is 2.06. The van der Waals surface area contributed by atoms with Gasteiger partial charge in [0.1, 0.15) is 0 Å². The lowest BCUT2D eigenvalue weighted by atomic mass is 10.0. The number of hydrogen-bond donors (Lipinski definition) is 2. The molecule has 0 saturated carbocycles. The molecule has 0 saturated heterocycles. The van der Waals surface area contributed by atoms with E-state index >= 15 is 0 Å². The maximum atomic E-state index is 11.9. The SMILES string of the molecule is CC(CCc1ccccc1)CNC(=O)Nc1ccc(C#N)cc1. The number of carbonyl (C=O) groups is 1. The molecule has 4 nitrogen and oxygen atoms in total. The fraction of sp³-hybridized carbons (Fsp3) is 0.263. The Morgan fingerprint density at radius 3 is 2.48 bits per heavy atom. The molecule has 2 rings (SSSR count). The number of carbonyl (C=O) groups excluding carboxylic acids is 1. The molecule has 0 bridgehead atoms. The van der Waals surface area contributed by atoms with Crippen LogP contribution in [-0.2, 0) is 6.42 Å². The van der Waals surface area contributed by atoms with Crippen LogP contribution >= 0.6 is 0 Å². The molecule has 0 aliphatic carbocycles. The third kappa shape index (κ3) is 5.84. The Bertz CT molecular complexity index is 659. The minimum absolute atomic E-state index is 0.221. The Kier molecular flexibility index (Phi) is 6.19. The Hall–Kier alpha value is -2.80. The summed E-state index contributed by atoms with van der Waals surface area (Å²) in [5.41, 5.74) is 2.57. The second-order valence-electron chi connectivity index (χ2n) is 5.65. The van der Waals surface area contributed by atoms with Crippen LogP contribution in [0.3, 0.4) is 0 Å². The normalized spacial score (nSPS) is 11.3. The predicted octanol–water partition coefficient (Wildman–Crippen LogP) is 3.95. The molecule has 1 atom stereocenters. The van der Waals surface area contributed by atoms with Crippen molar-refractivity contribution in [1.82, 2.24) is 5.32 Å². The van der Waals surface area contributed by atoms with Gasteiger partial charge in [0.15, 0.2) is 0 Å². The summed E-state index contributed by atoms with van der Waals surface area (Å²) in [7, 11) is 0. The fourth-order valence-corrected chi connectivity index (χ4v) is 2.23. The second-order valence-corrected chi connectivity index (χ2v) is 5.65. The summed E-state index contributed by atoms with van der Waals surface area (Å²) in [6, 6.07) is 19.0. The van der Waals surface area contributed by atoms with E-state index in [1.165, 1.54) is 5.56 Å². The molecule has 2 aromatic rings. The standard InChI is InChI=1S/C19H21N3O/c1-15(7-8-16-5-3-2-4-6-16)14-21-19(23)22-18-11-9-17(13-20)10-12-18/h2-6,9-12,15H,7-8,14H2,1H3,(H2,21,22,23). The van der Waals surface area contributed by atoms with Crippen molar-refractivity contribution in [3.05, 3.63) is 65.7 Å². The molecule has 23 heavy (non-hydrogen) atoms. The average molecular weight is 307 g/mol. The summed E-state index contributed by atoms with van der Waals surface area (Å²) in [5.74, 6) is 0.405. The molecule has 2 N–H and O–H groups in total. The van der Waals surface area contributed by atoms with Crippen LogP contribution < -0.4 is 10.6 Å². The van der Waals surface area contributed by atoms with Crippen molar-refractivity contribution in [2.75, 3.05) is 11.9 Å². The first-order valence-electron chi connectivity index (χ1n) is 7.76. The molecule has 0 aliphatic rings. The van der Waals surface area contributed by atoms with Crippen LogP contribution in [0.15, 0.2) is 54.6 Å². The van der Waals surface area contributed by atoms with Crippen molar-refractivity contribution in [3.63, 3.8) is 0 Å². The Morgan fingerprint density at radius 1 is 1.13 bits per heavy atom. The van der Waals surface area contributed by atoms with Gasteiger partial charge in [0.05, 0.1) is 11.6 Å². The van der Waals surface area contributed by atoms with E-state index in [4.69, 9.17) is 5.26 Å². The van der Waals surface area contributed by atoms with Crippen molar-refractivity contribution in [2.24, 2.45) is 5.92 Å². The molecule has 118 valence electrons. The number of urea groups is 1. The van der Waals surface area contributed by atoms with E-state index in [0.29, 0.717) is 23.7 Å². The monoisotopic (exact) mass is 307 g/mol. The number of hydrogen-bond acceptors (Lipinski definition) is 2. The number of amides is 2. The summed E-state index contributed by atoms with van der Waals surface area (Å²) in [6.07, 6.45) is 2.04. The Balaban J connectivity index is 1.70.